The summed E-state index contributed by atoms with van der Waals surface area (Å²) >= 11 is 0. The molecule has 0 aromatic carbocycles. The predicted molar refractivity (Wildman–Crippen MR) is 60.6 cm³/mol. The van der Waals surface area contributed by atoms with Crippen LogP contribution in [0.2, 0.25) is 0 Å². The zero-order chi connectivity index (χ0) is 9.80. The number of likely N-dealkylation sites (tertiary alicyclic amines) is 2. The summed E-state index contributed by atoms with van der Waals surface area (Å²) in [5.41, 5.74) is 0. The van der Waals surface area contributed by atoms with Gasteiger partial charge in [0.25, 0.3) is 0 Å². The monoisotopic (exact) mass is 196 g/mol. The quantitative estimate of drug-likeness (QED) is 0.666. The second-order valence-corrected chi connectivity index (χ2v) is 4.99. The van der Waals surface area contributed by atoms with E-state index in [4.69, 9.17) is 0 Å². The highest BCUT2D eigenvalue weighted by Gasteiger charge is 2.23. The molecule has 2 heterocycles. The zero-order valence-corrected chi connectivity index (χ0v) is 9.54. The molecule has 1 unspecified atom stereocenters. The SMILES string of the molecule is CN1CCCC1CN1CCCCCC1. The molecule has 0 bridgehead atoms. The highest BCUT2D eigenvalue weighted by atomic mass is 15.2. The number of hydrogen-bond acceptors (Lipinski definition) is 2. The van der Waals surface area contributed by atoms with Crippen LogP contribution in [-0.2, 0) is 0 Å². The fourth-order valence-corrected chi connectivity index (χ4v) is 2.83. The van der Waals surface area contributed by atoms with E-state index in [-0.39, 0.29) is 0 Å². The third-order valence-electron chi connectivity index (χ3n) is 3.84. The van der Waals surface area contributed by atoms with Crippen molar-refractivity contribution in [2.45, 2.75) is 44.6 Å². The molecule has 0 spiro atoms. The summed E-state index contributed by atoms with van der Waals surface area (Å²) in [6.45, 7) is 5.35. The lowest BCUT2D eigenvalue weighted by atomic mass is 10.2. The maximum atomic E-state index is 2.69. The van der Waals surface area contributed by atoms with Gasteiger partial charge in [0.05, 0.1) is 0 Å². The van der Waals surface area contributed by atoms with Crippen LogP contribution in [0.3, 0.4) is 0 Å². The van der Waals surface area contributed by atoms with Crippen LogP contribution in [0.15, 0.2) is 0 Å². The van der Waals surface area contributed by atoms with Gasteiger partial charge in [-0.25, -0.2) is 0 Å². The van der Waals surface area contributed by atoms with Gasteiger partial charge in [0.15, 0.2) is 0 Å². The van der Waals surface area contributed by atoms with Crippen LogP contribution in [0.4, 0.5) is 0 Å². The van der Waals surface area contributed by atoms with Crippen LogP contribution in [0.1, 0.15) is 38.5 Å². The Bertz CT molecular complexity index is 162. The molecule has 2 nitrogen and oxygen atoms in total. The lowest BCUT2D eigenvalue weighted by Gasteiger charge is -2.27. The summed E-state index contributed by atoms with van der Waals surface area (Å²) in [5.74, 6) is 0. The first-order valence-electron chi connectivity index (χ1n) is 6.29. The molecule has 0 amide bonds. The average molecular weight is 196 g/mol. The minimum Gasteiger partial charge on any atom is -0.302 e. The third-order valence-corrected chi connectivity index (χ3v) is 3.84. The topological polar surface area (TPSA) is 6.48 Å². The number of hydrogen-bond donors (Lipinski definition) is 0. The Balaban J connectivity index is 1.77. The van der Waals surface area contributed by atoms with Crippen LogP contribution in [0, 0.1) is 0 Å². The molecule has 2 rings (SSSR count). The Labute approximate surface area is 88.3 Å². The molecule has 0 radical (unpaired) electrons. The fraction of sp³-hybridized carbons (Fsp3) is 1.00. The van der Waals surface area contributed by atoms with Crippen molar-refractivity contribution in [1.29, 1.82) is 0 Å². The van der Waals surface area contributed by atoms with Gasteiger partial charge in [0.2, 0.25) is 0 Å². The maximum Gasteiger partial charge on any atom is 0.0220 e. The second kappa shape index (κ2) is 5.13. The molecule has 0 N–H and O–H groups in total. The molecular formula is C12H24N2. The first kappa shape index (κ1) is 10.4. The first-order valence-corrected chi connectivity index (χ1v) is 6.29. The molecule has 2 heteroatoms. The zero-order valence-electron chi connectivity index (χ0n) is 9.54. The highest BCUT2D eigenvalue weighted by Crippen LogP contribution is 2.18. The van der Waals surface area contributed by atoms with E-state index in [1.54, 1.807) is 0 Å². The van der Waals surface area contributed by atoms with Crippen molar-refractivity contribution < 1.29 is 0 Å². The van der Waals surface area contributed by atoms with Gasteiger partial charge >= 0.3 is 0 Å². The summed E-state index contributed by atoms with van der Waals surface area (Å²) < 4.78 is 0. The second-order valence-electron chi connectivity index (χ2n) is 4.99. The van der Waals surface area contributed by atoms with Gasteiger partial charge in [-0.1, -0.05) is 12.8 Å². The minimum atomic E-state index is 0.855. The predicted octanol–water partition coefficient (Wildman–Crippen LogP) is 1.96. The highest BCUT2D eigenvalue weighted by molar-refractivity contribution is 4.80. The molecule has 14 heavy (non-hydrogen) atoms. The lowest BCUT2D eigenvalue weighted by Crippen LogP contribution is -2.38. The van der Waals surface area contributed by atoms with E-state index < -0.39 is 0 Å². The summed E-state index contributed by atoms with van der Waals surface area (Å²) in [6.07, 6.45) is 8.60. The van der Waals surface area contributed by atoms with Crippen molar-refractivity contribution in [3.63, 3.8) is 0 Å². The molecule has 2 saturated heterocycles. The number of nitrogens with zero attached hydrogens (tertiary/aromatic N) is 2. The summed E-state index contributed by atoms with van der Waals surface area (Å²) in [5, 5.41) is 0. The Morgan fingerprint density at radius 1 is 0.929 bits per heavy atom. The van der Waals surface area contributed by atoms with E-state index >= 15 is 0 Å². The van der Waals surface area contributed by atoms with Crippen molar-refractivity contribution in [2.75, 3.05) is 33.2 Å². The molecule has 0 saturated carbocycles. The molecule has 1 atom stereocenters. The van der Waals surface area contributed by atoms with Crippen molar-refractivity contribution in [1.82, 2.24) is 9.80 Å². The fourth-order valence-electron chi connectivity index (χ4n) is 2.83. The normalized spacial score (nSPS) is 31.9. The van der Waals surface area contributed by atoms with Crippen LogP contribution in [0.5, 0.6) is 0 Å². The van der Waals surface area contributed by atoms with Gasteiger partial charge in [-0.2, -0.15) is 0 Å². The molecule has 82 valence electrons. The van der Waals surface area contributed by atoms with Crippen molar-refractivity contribution >= 4 is 0 Å². The van der Waals surface area contributed by atoms with Crippen molar-refractivity contribution in [3.8, 4) is 0 Å². The summed E-state index contributed by atoms with van der Waals surface area (Å²) in [7, 11) is 2.29. The molecule has 0 aromatic rings. The average Bonchev–Trinajstić information content (AvgIpc) is 2.44. The van der Waals surface area contributed by atoms with E-state index in [2.05, 4.69) is 16.8 Å². The number of rotatable bonds is 2. The van der Waals surface area contributed by atoms with Crippen molar-refractivity contribution in [3.05, 3.63) is 0 Å². The van der Waals surface area contributed by atoms with Gasteiger partial charge in [-0.3, -0.25) is 0 Å². The lowest BCUT2D eigenvalue weighted by molar-refractivity contribution is 0.197. The van der Waals surface area contributed by atoms with E-state index in [1.807, 2.05) is 0 Å². The van der Waals surface area contributed by atoms with Gasteiger partial charge in [-0.15, -0.1) is 0 Å². The molecule has 2 aliphatic heterocycles. The van der Waals surface area contributed by atoms with Crippen LogP contribution >= 0.6 is 0 Å². The Kier molecular flexibility index (Phi) is 3.82. The summed E-state index contributed by atoms with van der Waals surface area (Å²) in [4.78, 5) is 5.24. The van der Waals surface area contributed by atoms with E-state index in [0.29, 0.717) is 0 Å². The van der Waals surface area contributed by atoms with E-state index in [1.165, 1.54) is 64.7 Å². The molecular weight excluding hydrogens is 172 g/mol. The van der Waals surface area contributed by atoms with Gasteiger partial charge in [0.1, 0.15) is 0 Å². The van der Waals surface area contributed by atoms with Crippen LogP contribution in [-0.4, -0.2) is 49.1 Å². The number of likely N-dealkylation sites (N-methyl/N-ethyl adjacent to an activating group) is 1. The maximum absolute atomic E-state index is 2.69. The Morgan fingerprint density at radius 3 is 2.21 bits per heavy atom. The summed E-state index contributed by atoms with van der Waals surface area (Å²) in [6, 6.07) is 0.855. The first-order chi connectivity index (χ1) is 6.86. The van der Waals surface area contributed by atoms with Crippen molar-refractivity contribution in [2.24, 2.45) is 0 Å². The Morgan fingerprint density at radius 2 is 1.64 bits per heavy atom. The van der Waals surface area contributed by atoms with E-state index in [9.17, 15) is 0 Å². The van der Waals surface area contributed by atoms with Crippen LogP contribution < -0.4 is 0 Å². The smallest absolute Gasteiger partial charge is 0.0220 e. The van der Waals surface area contributed by atoms with E-state index in [0.717, 1.165) is 6.04 Å². The minimum absolute atomic E-state index is 0.855. The van der Waals surface area contributed by atoms with Gasteiger partial charge in [-0.05, 0) is 52.4 Å². The Hall–Kier alpha value is -0.0800. The van der Waals surface area contributed by atoms with Crippen LogP contribution in [0.25, 0.3) is 0 Å². The molecule has 0 aliphatic carbocycles. The largest absolute Gasteiger partial charge is 0.302 e. The molecule has 0 aromatic heterocycles. The van der Waals surface area contributed by atoms with Gasteiger partial charge in [0, 0.05) is 12.6 Å². The standard InChI is InChI=1S/C12H24N2/c1-13-8-6-7-12(13)11-14-9-4-2-3-5-10-14/h12H,2-11H2,1H3. The molecule has 2 aliphatic rings. The molecule has 2 fully saturated rings. The van der Waals surface area contributed by atoms with Gasteiger partial charge < -0.3 is 9.80 Å². The third kappa shape index (κ3) is 2.71.